The standard InChI is InChI=1S/C16H25NO3/c1-4-16(5-2,12-18)17-15(19)11-10-13-8-6-7-9-14(13)20-3/h6-9,18H,4-5,10-12H2,1-3H3,(H,17,19). The van der Waals surface area contributed by atoms with Crippen molar-refractivity contribution in [3.05, 3.63) is 29.8 Å². The zero-order chi connectivity index (χ0) is 15.0. The minimum Gasteiger partial charge on any atom is -0.496 e. The number of aryl methyl sites for hydroxylation is 1. The molecular weight excluding hydrogens is 254 g/mol. The largest absolute Gasteiger partial charge is 0.496 e. The third kappa shape index (κ3) is 4.23. The number of ether oxygens (including phenoxy) is 1. The van der Waals surface area contributed by atoms with Gasteiger partial charge in [-0.25, -0.2) is 0 Å². The van der Waals surface area contributed by atoms with Gasteiger partial charge in [0.15, 0.2) is 0 Å². The van der Waals surface area contributed by atoms with Crippen LogP contribution >= 0.6 is 0 Å². The number of benzene rings is 1. The summed E-state index contributed by atoms with van der Waals surface area (Å²) in [7, 11) is 1.63. The van der Waals surface area contributed by atoms with Crippen LogP contribution in [0.2, 0.25) is 0 Å². The van der Waals surface area contributed by atoms with Crippen molar-refractivity contribution in [2.75, 3.05) is 13.7 Å². The Hall–Kier alpha value is -1.55. The molecule has 20 heavy (non-hydrogen) atoms. The van der Waals surface area contributed by atoms with Crippen LogP contribution in [0.15, 0.2) is 24.3 Å². The molecule has 0 saturated heterocycles. The highest BCUT2D eigenvalue weighted by Gasteiger charge is 2.26. The Balaban J connectivity index is 2.59. The molecule has 4 heteroatoms. The fourth-order valence-electron chi connectivity index (χ4n) is 2.21. The fraction of sp³-hybridized carbons (Fsp3) is 0.562. The number of methoxy groups -OCH3 is 1. The van der Waals surface area contributed by atoms with E-state index in [-0.39, 0.29) is 12.5 Å². The zero-order valence-electron chi connectivity index (χ0n) is 12.6. The quantitative estimate of drug-likeness (QED) is 0.767. The summed E-state index contributed by atoms with van der Waals surface area (Å²) in [5.41, 5.74) is 0.533. The number of carbonyl (C=O) groups excluding carboxylic acids is 1. The van der Waals surface area contributed by atoms with Crippen LogP contribution in [-0.2, 0) is 11.2 Å². The van der Waals surface area contributed by atoms with Gasteiger partial charge in [0.25, 0.3) is 0 Å². The van der Waals surface area contributed by atoms with E-state index >= 15 is 0 Å². The van der Waals surface area contributed by atoms with Gasteiger partial charge in [0.05, 0.1) is 19.3 Å². The summed E-state index contributed by atoms with van der Waals surface area (Å²) in [6.07, 6.45) is 2.47. The van der Waals surface area contributed by atoms with Gasteiger partial charge in [-0.05, 0) is 30.9 Å². The van der Waals surface area contributed by atoms with Crippen LogP contribution in [0, 0.1) is 0 Å². The molecular formula is C16H25NO3. The highest BCUT2D eigenvalue weighted by Crippen LogP contribution is 2.19. The molecule has 0 saturated carbocycles. The fourth-order valence-corrected chi connectivity index (χ4v) is 2.21. The SMILES string of the molecule is CCC(CC)(CO)NC(=O)CCc1ccccc1OC. The number of nitrogens with one attached hydrogen (secondary N) is 1. The molecule has 0 aliphatic rings. The topological polar surface area (TPSA) is 58.6 Å². The highest BCUT2D eigenvalue weighted by molar-refractivity contribution is 5.77. The minimum atomic E-state index is -0.488. The second-order valence-corrected chi connectivity index (χ2v) is 5.01. The van der Waals surface area contributed by atoms with Gasteiger partial charge < -0.3 is 15.2 Å². The summed E-state index contributed by atoms with van der Waals surface area (Å²) in [5.74, 6) is 0.772. The molecule has 0 radical (unpaired) electrons. The average molecular weight is 279 g/mol. The van der Waals surface area contributed by atoms with Crippen molar-refractivity contribution in [2.45, 2.75) is 45.1 Å². The van der Waals surface area contributed by atoms with Crippen LogP contribution in [0.1, 0.15) is 38.7 Å². The molecule has 0 aromatic heterocycles. The number of para-hydroxylation sites is 1. The van der Waals surface area contributed by atoms with E-state index in [1.54, 1.807) is 7.11 Å². The van der Waals surface area contributed by atoms with Crippen molar-refractivity contribution >= 4 is 5.91 Å². The number of hydrogen-bond acceptors (Lipinski definition) is 3. The van der Waals surface area contributed by atoms with E-state index in [9.17, 15) is 9.90 Å². The molecule has 1 amide bonds. The molecule has 0 spiro atoms. The molecule has 0 atom stereocenters. The van der Waals surface area contributed by atoms with Crippen molar-refractivity contribution in [2.24, 2.45) is 0 Å². The molecule has 0 aliphatic heterocycles. The third-order valence-electron chi connectivity index (χ3n) is 3.87. The molecule has 1 aromatic rings. The number of aliphatic hydroxyl groups excluding tert-OH is 1. The average Bonchev–Trinajstić information content (AvgIpc) is 2.51. The van der Waals surface area contributed by atoms with Crippen molar-refractivity contribution in [1.82, 2.24) is 5.32 Å². The van der Waals surface area contributed by atoms with Crippen LogP contribution in [0.3, 0.4) is 0 Å². The number of hydrogen-bond donors (Lipinski definition) is 2. The summed E-state index contributed by atoms with van der Waals surface area (Å²) >= 11 is 0. The van der Waals surface area contributed by atoms with Gasteiger partial charge in [-0.2, -0.15) is 0 Å². The molecule has 0 fully saturated rings. The summed E-state index contributed by atoms with van der Waals surface area (Å²) < 4.78 is 5.27. The molecule has 4 nitrogen and oxygen atoms in total. The number of rotatable bonds is 8. The van der Waals surface area contributed by atoms with Gasteiger partial charge in [0, 0.05) is 6.42 Å². The van der Waals surface area contributed by atoms with Gasteiger partial charge in [0.1, 0.15) is 5.75 Å². The lowest BCUT2D eigenvalue weighted by Crippen LogP contribution is -2.50. The predicted octanol–water partition coefficient (Wildman–Crippen LogP) is 2.30. The Bertz CT molecular complexity index is 419. The Morgan fingerprint density at radius 1 is 1.30 bits per heavy atom. The van der Waals surface area contributed by atoms with Gasteiger partial charge >= 0.3 is 0 Å². The Kier molecular flexibility index (Phi) is 6.52. The number of carbonyl (C=O) groups is 1. The predicted molar refractivity (Wildman–Crippen MR) is 79.9 cm³/mol. The van der Waals surface area contributed by atoms with Gasteiger partial charge in [-0.15, -0.1) is 0 Å². The zero-order valence-corrected chi connectivity index (χ0v) is 12.6. The van der Waals surface area contributed by atoms with Crippen molar-refractivity contribution in [3.8, 4) is 5.75 Å². The number of aliphatic hydroxyl groups is 1. The maximum atomic E-state index is 12.0. The van der Waals surface area contributed by atoms with Gasteiger partial charge in [-0.3, -0.25) is 4.79 Å². The molecule has 1 rings (SSSR count). The Morgan fingerprint density at radius 3 is 2.50 bits per heavy atom. The van der Waals surface area contributed by atoms with Crippen LogP contribution in [0.25, 0.3) is 0 Å². The van der Waals surface area contributed by atoms with Gasteiger partial charge in [0.2, 0.25) is 5.91 Å². The molecule has 0 heterocycles. The van der Waals surface area contributed by atoms with Crippen LogP contribution < -0.4 is 10.1 Å². The maximum Gasteiger partial charge on any atom is 0.220 e. The Morgan fingerprint density at radius 2 is 1.95 bits per heavy atom. The Labute approximate surface area is 121 Å². The van der Waals surface area contributed by atoms with Crippen molar-refractivity contribution < 1.29 is 14.6 Å². The molecule has 2 N–H and O–H groups in total. The lowest BCUT2D eigenvalue weighted by Gasteiger charge is -2.30. The lowest BCUT2D eigenvalue weighted by atomic mass is 9.93. The van der Waals surface area contributed by atoms with Gasteiger partial charge in [-0.1, -0.05) is 32.0 Å². The molecule has 0 bridgehead atoms. The van der Waals surface area contributed by atoms with E-state index in [1.807, 2.05) is 38.1 Å². The van der Waals surface area contributed by atoms with E-state index in [0.29, 0.717) is 12.8 Å². The number of amides is 1. The summed E-state index contributed by atoms with van der Waals surface area (Å²) in [4.78, 5) is 12.0. The first-order chi connectivity index (χ1) is 9.60. The van der Waals surface area contributed by atoms with Crippen molar-refractivity contribution in [3.63, 3.8) is 0 Å². The second kappa shape index (κ2) is 7.90. The molecule has 0 unspecified atom stereocenters. The second-order valence-electron chi connectivity index (χ2n) is 5.01. The minimum absolute atomic E-state index is 0.0274. The first-order valence-corrected chi connectivity index (χ1v) is 7.14. The van der Waals surface area contributed by atoms with E-state index < -0.39 is 5.54 Å². The summed E-state index contributed by atoms with van der Waals surface area (Å²) in [5, 5.41) is 12.4. The van der Waals surface area contributed by atoms with E-state index in [4.69, 9.17) is 4.74 Å². The molecule has 0 aliphatic carbocycles. The molecule has 112 valence electrons. The normalized spacial score (nSPS) is 11.2. The monoisotopic (exact) mass is 279 g/mol. The van der Waals surface area contributed by atoms with Crippen LogP contribution in [0.5, 0.6) is 5.75 Å². The highest BCUT2D eigenvalue weighted by atomic mass is 16.5. The maximum absolute atomic E-state index is 12.0. The van der Waals surface area contributed by atoms with E-state index in [1.165, 1.54) is 0 Å². The van der Waals surface area contributed by atoms with E-state index in [0.717, 1.165) is 24.2 Å². The molecule has 1 aromatic carbocycles. The lowest BCUT2D eigenvalue weighted by molar-refractivity contribution is -0.123. The van der Waals surface area contributed by atoms with Crippen molar-refractivity contribution in [1.29, 1.82) is 0 Å². The third-order valence-corrected chi connectivity index (χ3v) is 3.87. The van der Waals surface area contributed by atoms with Crippen LogP contribution in [0.4, 0.5) is 0 Å². The van der Waals surface area contributed by atoms with E-state index in [2.05, 4.69) is 5.32 Å². The smallest absolute Gasteiger partial charge is 0.220 e. The van der Waals surface area contributed by atoms with Crippen LogP contribution in [-0.4, -0.2) is 30.3 Å². The summed E-state index contributed by atoms with van der Waals surface area (Å²) in [6.45, 7) is 3.92. The first kappa shape index (κ1) is 16.5. The first-order valence-electron chi connectivity index (χ1n) is 7.14. The summed E-state index contributed by atoms with van der Waals surface area (Å²) in [6, 6.07) is 7.70.